The number of fused-ring (bicyclic) bond motifs is 2. The molecule has 0 saturated carbocycles. The van der Waals surface area contributed by atoms with E-state index in [9.17, 15) is 4.79 Å². The van der Waals surface area contributed by atoms with E-state index in [0.717, 1.165) is 25.2 Å². The summed E-state index contributed by atoms with van der Waals surface area (Å²) in [5.41, 5.74) is 5.97. The van der Waals surface area contributed by atoms with Gasteiger partial charge in [0, 0.05) is 19.3 Å². The summed E-state index contributed by atoms with van der Waals surface area (Å²) in [4.78, 5) is 16.3. The quantitative estimate of drug-likeness (QED) is 0.670. The van der Waals surface area contributed by atoms with Crippen molar-refractivity contribution in [2.75, 3.05) is 32.8 Å². The summed E-state index contributed by atoms with van der Waals surface area (Å²) in [6.07, 6.45) is 2.97. The number of hydrazine groups is 1. The first-order valence-electron chi connectivity index (χ1n) is 6.93. The minimum absolute atomic E-state index is 0.152. The number of hydrogen-bond acceptors (Lipinski definition) is 6. The van der Waals surface area contributed by atoms with Gasteiger partial charge in [-0.05, 0) is 25.5 Å². The summed E-state index contributed by atoms with van der Waals surface area (Å²) in [5.74, 6) is -0.337. The summed E-state index contributed by atoms with van der Waals surface area (Å²) in [6.45, 7) is 5.33. The van der Waals surface area contributed by atoms with Gasteiger partial charge in [0.1, 0.15) is 0 Å². The summed E-state index contributed by atoms with van der Waals surface area (Å²) >= 11 is 0. The van der Waals surface area contributed by atoms with E-state index in [1.54, 1.807) is 0 Å². The maximum absolute atomic E-state index is 11.9. The maximum Gasteiger partial charge on any atom is 0.312 e. The number of carbonyl (C=O) groups excluding carboxylic acids is 1. The Morgan fingerprint density at radius 2 is 2.53 bits per heavy atom. The zero-order valence-corrected chi connectivity index (χ0v) is 11.2. The van der Waals surface area contributed by atoms with Gasteiger partial charge in [-0.15, -0.1) is 0 Å². The van der Waals surface area contributed by atoms with Crippen LogP contribution >= 0.6 is 0 Å². The third-order valence-electron chi connectivity index (χ3n) is 3.84. The zero-order valence-electron chi connectivity index (χ0n) is 11.2. The number of carbonyl (C=O) groups is 1. The molecule has 2 unspecified atom stereocenters. The molecule has 0 aliphatic carbocycles. The van der Waals surface area contributed by atoms with Gasteiger partial charge in [-0.3, -0.25) is 9.79 Å². The third-order valence-corrected chi connectivity index (χ3v) is 3.84. The lowest BCUT2D eigenvalue weighted by molar-refractivity contribution is -0.148. The van der Waals surface area contributed by atoms with Crippen molar-refractivity contribution in [3.05, 3.63) is 11.3 Å². The van der Waals surface area contributed by atoms with Crippen LogP contribution in [-0.4, -0.2) is 56.0 Å². The Balaban J connectivity index is 1.77. The Labute approximate surface area is 112 Å². The predicted molar refractivity (Wildman–Crippen MR) is 71.6 cm³/mol. The van der Waals surface area contributed by atoms with E-state index in [1.165, 1.54) is 5.57 Å². The van der Waals surface area contributed by atoms with Crippen LogP contribution < -0.4 is 10.7 Å². The van der Waals surface area contributed by atoms with Gasteiger partial charge in [-0.2, -0.15) is 0 Å². The molecule has 2 N–H and O–H groups in total. The van der Waals surface area contributed by atoms with Crippen LogP contribution in [0.25, 0.3) is 0 Å². The SMILES string of the molecule is CCOC(=O)C1CN=CC2=C3CNCCC3NN2C1. The molecule has 0 bridgehead atoms. The first kappa shape index (κ1) is 12.6. The second-order valence-corrected chi connectivity index (χ2v) is 5.11. The van der Waals surface area contributed by atoms with Gasteiger partial charge in [0.2, 0.25) is 0 Å². The lowest BCUT2D eigenvalue weighted by Gasteiger charge is -2.25. The predicted octanol–water partition coefficient (Wildman–Crippen LogP) is -0.314. The second-order valence-electron chi connectivity index (χ2n) is 5.11. The van der Waals surface area contributed by atoms with Gasteiger partial charge in [0.15, 0.2) is 0 Å². The van der Waals surface area contributed by atoms with E-state index >= 15 is 0 Å². The van der Waals surface area contributed by atoms with E-state index in [2.05, 4.69) is 20.7 Å². The van der Waals surface area contributed by atoms with Crippen molar-refractivity contribution >= 4 is 12.2 Å². The highest BCUT2D eigenvalue weighted by Gasteiger charge is 2.35. The first-order valence-corrected chi connectivity index (χ1v) is 6.93. The van der Waals surface area contributed by atoms with Crippen LogP contribution in [0.4, 0.5) is 0 Å². The Morgan fingerprint density at radius 3 is 3.37 bits per heavy atom. The van der Waals surface area contributed by atoms with Crippen LogP contribution in [0.3, 0.4) is 0 Å². The van der Waals surface area contributed by atoms with Crippen molar-refractivity contribution in [2.45, 2.75) is 19.4 Å². The summed E-state index contributed by atoms with van der Waals surface area (Å²) in [5, 5.41) is 5.46. The van der Waals surface area contributed by atoms with Crippen molar-refractivity contribution < 1.29 is 9.53 Å². The molecular weight excluding hydrogens is 244 g/mol. The molecule has 3 aliphatic heterocycles. The molecule has 19 heavy (non-hydrogen) atoms. The Morgan fingerprint density at radius 1 is 1.63 bits per heavy atom. The number of nitrogens with one attached hydrogen (secondary N) is 2. The molecule has 6 heteroatoms. The van der Waals surface area contributed by atoms with Gasteiger partial charge < -0.3 is 15.1 Å². The zero-order chi connectivity index (χ0) is 13.2. The van der Waals surface area contributed by atoms with E-state index in [-0.39, 0.29) is 11.9 Å². The fourth-order valence-electron chi connectivity index (χ4n) is 2.87. The van der Waals surface area contributed by atoms with Gasteiger partial charge >= 0.3 is 5.97 Å². The lowest BCUT2D eigenvalue weighted by atomic mass is 10.0. The largest absolute Gasteiger partial charge is 0.466 e. The second kappa shape index (κ2) is 5.30. The van der Waals surface area contributed by atoms with Crippen LogP contribution in [0.5, 0.6) is 0 Å². The number of nitrogens with zero attached hydrogens (tertiary/aromatic N) is 2. The monoisotopic (exact) mass is 264 g/mol. The topological polar surface area (TPSA) is 66.0 Å². The highest BCUT2D eigenvalue weighted by molar-refractivity contribution is 5.82. The van der Waals surface area contributed by atoms with Gasteiger partial charge in [-0.25, -0.2) is 5.43 Å². The molecule has 0 aromatic heterocycles. The molecular formula is C13H20N4O2. The molecule has 6 nitrogen and oxygen atoms in total. The molecule has 3 aliphatic rings. The molecule has 1 fully saturated rings. The average Bonchev–Trinajstić information content (AvgIpc) is 2.63. The number of ether oxygens (including phenoxy) is 1. The average molecular weight is 264 g/mol. The first-order chi connectivity index (χ1) is 9.29. The normalized spacial score (nSPS) is 29.8. The standard InChI is InChI=1S/C13H20N4O2/c1-2-19-13(18)9-5-15-7-12-10-6-14-4-3-11(10)16-17(12)8-9/h7,9,11,14,16H,2-6,8H2,1H3. The minimum atomic E-state index is -0.185. The lowest BCUT2D eigenvalue weighted by Crippen LogP contribution is -2.44. The van der Waals surface area contributed by atoms with E-state index in [4.69, 9.17) is 4.74 Å². The summed E-state index contributed by atoms with van der Waals surface area (Å²) in [7, 11) is 0. The van der Waals surface area contributed by atoms with Gasteiger partial charge in [0.25, 0.3) is 0 Å². The fourth-order valence-corrected chi connectivity index (χ4v) is 2.87. The molecule has 2 atom stereocenters. The number of aliphatic imine (C=N–C) groups is 1. The molecule has 0 aromatic rings. The third kappa shape index (κ3) is 2.37. The van der Waals surface area contributed by atoms with Gasteiger partial charge in [0.05, 0.1) is 30.8 Å². The number of allylic oxidation sites excluding steroid dienone is 1. The van der Waals surface area contributed by atoms with E-state index < -0.39 is 0 Å². The summed E-state index contributed by atoms with van der Waals surface area (Å²) < 4.78 is 5.11. The van der Waals surface area contributed by atoms with Crippen LogP contribution in [0.1, 0.15) is 13.3 Å². The van der Waals surface area contributed by atoms with Crippen molar-refractivity contribution in [3.8, 4) is 0 Å². The van der Waals surface area contributed by atoms with Crippen LogP contribution in [0, 0.1) is 5.92 Å². The van der Waals surface area contributed by atoms with E-state index in [1.807, 2.05) is 13.1 Å². The van der Waals surface area contributed by atoms with Crippen molar-refractivity contribution in [1.29, 1.82) is 0 Å². The molecule has 1 saturated heterocycles. The Kier molecular flexibility index (Phi) is 3.52. The number of rotatable bonds is 2. The fraction of sp³-hybridized carbons (Fsp3) is 0.692. The van der Waals surface area contributed by atoms with E-state index in [0.29, 0.717) is 25.7 Å². The van der Waals surface area contributed by atoms with Gasteiger partial charge in [-0.1, -0.05) is 0 Å². The van der Waals surface area contributed by atoms with Crippen molar-refractivity contribution in [3.63, 3.8) is 0 Å². The smallest absolute Gasteiger partial charge is 0.312 e. The number of esters is 1. The minimum Gasteiger partial charge on any atom is -0.466 e. The van der Waals surface area contributed by atoms with Crippen LogP contribution in [0.15, 0.2) is 16.3 Å². The molecule has 0 radical (unpaired) electrons. The number of hydrogen-bond donors (Lipinski definition) is 2. The van der Waals surface area contributed by atoms with Crippen LogP contribution in [0.2, 0.25) is 0 Å². The van der Waals surface area contributed by atoms with Crippen molar-refractivity contribution in [2.24, 2.45) is 10.9 Å². The molecule has 104 valence electrons. The number of piperidine rings is 1. The molecule has 3 rings (SSSR count). The summed E-state index contributed by atoms with van der Waals surface area (Å²) in [6, 6.07) is 0.392. The highest BCUT2D eigenvalue weighted by Crippen LogP contribution is 2.26. The Bertz CT molecular complexity index is 432. The Hall–Kier alpha value is -1.40. The molecule has 0 amide bonds. The maximum atomic E-state index is 11.9. The molecule has 3 heterocycles. The van der Waals surface area contributed by atoms with Crippen LogP contribution in [-0.2, 0) is 9.53 Å². The highest BCUT2D eigenvalue weighted by atomic mass is 16.5. The molecule has 0 spiro atoms. The molecule has 0 aromatic carbocycles. The van der Waals surface area contributed by atoms with Crippen molar-refractivity contribution in [1.82, 2.24) is 15.8 Å².